The lowest BCUT2D eigenvalue weighted by Gasteiger charge is -2.17. The van der Waals surface area contributed by atoms with Crippen molar-refractivity contribution in [1.29, 1.82) is 0 Å². The van der Waals surface area contributed by atoms with E-state index in [0.29, 0.717) is 12.5 Å². The molecule has 0 radical (unpaired) electrons. The van der Waals surface area contributed by atoms with E-state index in [-0.39, 0.29) is 11.9 Å². The standard InChI is InChI=1S/C15H21N3O/c1-10(2)11(3)17-15(19)9-18-7-6-12-8-13(16)4-5-14(12)18/h4-8,10-11H,9,16H2,1-3H3,(H,17,19). The van der Waals surface area contributed by atoms with Crippen molar-refractivity contribution in [3.8, 4) is 0 Å². The largest absolute Gasteiger partial charge is 0.399 e. The molecule has 1 aromatic carbocycles. The predicted octanol–water partition coefficient (Wildman–Crippen LogP) is 2.38. The molecule has 0 aliphatic heterocycles. The zero-order chi connectivity index (χ0) is 14.0. The van der Waals surface area contributed by atoms with Gasteiger partial charge in [-0.05, 0) is 37.1 Å². The highest BCUT2D eigenvalue weighted by atomic mass is 16.2. The number of nitrogens with zero attached hydrogens (tertiary/aromatic N) is 1. The Morgan fingerprint density at radius 3 is 2.74 bits per heavy atom. The Morgan fingerprint density at radius 2 is 2.05 bits per heavy atom. The number of rotatable bonds is 4. The number of aromatic nitrogens is 1. The van der Waals surface area contributed by atoms with Crippen molar-refractivity contribution in [2.45, 2.75) is 33.4 Å². The van der Waals surface area contributed by atoms with Crippen LogP contribution < -0.4 is 11.1 Å². The molecule has 4 heteroatoms. The molecule has 1 heterocycles. The third-order valence-electron chi connectivity index (χ3n) is 3.50. The summed E-state index contributed by atoms with van der Waals surface area (Å²) in [5.74, 6) is 0.473. The first-order valence-electron chi connectivity index (χ1n) is 6.61. The maximum atomic E-state index is 12.0. The van der Waals surface area contributed by atoms with Gasteiger partial charge in [0.1, 0.15) is 6.54 Å². The average molecular weight is 259 g/mol. The maximum Gasteiger partial charge on any atom is 0.240 e. The van der Waals surface area contributed by atoms with Gasteiger partial charge in [0.2, 0.25) is 5.91 Å². The Bertz CT molecular complexity index is 586. The van der Waals surface area contributed by atoms with Gasteiger partial charge in [-0.25, -0.2) is 0 Å². The monoisotopic (exact) mass is 259 g/mol. The second kappa shape index (κ2) is 5.34. The number of amides is 1. The summed E-state index contributed by atoms with van der Waals surface area (Å²) < 4.78 is 1.94. The molecule has 19 heavy (non-hydrogen) atoms. The van der Waals surface area contributed by atoms with E-state index in [9.17, 15) is 4.79 Å². The molecule has 2 rings (SSSR count). The van der Waals surface area contributed by atoms with E-state index in [4.69, 9.17) is 5.73 Å². The van der Waals surface area contributed by atoms with E-state index < -0.39 is 0 Å². The summed E-state index contributed by atoms with van der Waals surface area (Å²) in [5.41, 5.74) is 7.51. The Hall–Kier alpha value is -1.97. The van der Waals surface area contributed by atoms with Gasteiger partial charge in [-0.3, -0.25) is 4.79 Å². The maximum absolute atomic E-state index is 12.0. The molecule has 0 bridgehead atoms. The van der Waals surface area contributed by atoms with Gasteiger partial charge in [0.15, 0.2) is 0 Å². The van der Waals surface area contributed by atoms with Gasteiger partial charge in [0.05, 0.1) is 0 Å². The minimum absolute atomic E-state index is 0.0375. The van der Waals surface area contributed by atoms with E-state index in [1.54, 1.807) is 0 Å². The Morgan fingerprint density at radius 1 is 1.32 bits per heavy atom. The molecule has 2 aromatic rings. The first-order chi connectivity index (χ1) is 8.97. The molecule has 0 aliphatic carbocycles. The van der Waals surface area contributed by atoms with Crippen molar-refractivity contribution >= 4 is 22.5 Å². The van der Waals surface area contributed by atoms with Crippen molar-refractivity contribution in [1.82, 2.24) is 9.88 Å². The minimum Gasteiger partial charge on any atom is -0.399 e. The SMILES string of the molecule is CC(C)C(C)NC(=O)Cn1ccc2cc(N)ccc21. The summed E-state index contributed by atoms with van der Waals surface area (Å²) in [6.45, 7) is 6.55. The molecular weight excluding hydrogens is 238 g/mol. The molecule has 0 saturated heterocycles. The number of nitrogens with one attached hydrogen (secondary N) is 1. The molecule has 3 N–H and O–H groups in total. The van der Waals surface area contributed by atoms with Crippen molar-refractivity contribution in [2.24, 2.45) is 5.92 Å². The van der Waals surface area contributed by atoms with E-state index in [2.05, 4.69) is 19.2 Å². The number of fused-ring (bicyclic) bond motifs is 1. The molecule has 0 saturated carbocycles. The van der Waals surface area contributed by atoms with Crippen molar-refractivity contribution < 1.29 is 4.79 Å². The van der Waals surface area contributed by atoms with Crippen LogP contribution in [-0.2, 0) is 11.3 Å². The third-order valence-corrected chi connectivity index (χ3v) is 3.50. The van der Waals surface area contributed by atoms with E-state index in [0.717, 1.165) is 16.6 Å². The summed E-state index contributed by atoms with van der Waals surface area (Å²) in [5, 5.41) is 4.07. The predicted molar refractivity (Wildman–Crippen MR) is 78.8 cm³/mol. The molecule has 0 aliphatic rings. The average Bonchev–Trinajstić information content (AvgIpc) is 2.71. The number of nitrogens with two attached hydrogens (primary N) is 1. The number of hydrogen-bond acceptors (Lipinski definition) is 2. The molecule has 0 fully saturated rings. The Kier molecular flexibility index (Phi) is 3.79. The lowest BCUT2D eigenvalue weighted by Crippen LogP contribution is -2.38. The Balaban J connectivity index is 2.11. The quantitative estimate of drug-likeness (QED) is 0.828. The van der Waals surface area contributed by atoms with Crippen molar-refractivity contribution in [3.05, 3.63) is 30.5 Å². The fourth-order valence-electron chi connectivity index (χ4n) is 1.98. The summed E-state index contributed by atoms with van der Waals surface area (Å²) >= 11 is 0. The van der Waals surface area contributed by atoms with Crippen LogP contribution in [0.25, 0.3) is 10.9 Å². The van der Waals surface area contributed by atoms with Crippen LogP contribution >= 0.6 is 0 Å². The van der Waals surface area contributed by atoms with Gasteiger partial charge in [-0.1, -0.05) is 13.8 Å². The first-order valence-corrected chi connectivity index (χ1v) is 6.61. The van der Waals surface area contributed by atoms with Gasteiger partial charge >= 0.3 is 0 Å². The van der Waals surface area contributed by atoms with Crippen LogP contribution in [0.15, 0.2) is 30.5 Å². The van der Waals surface area contributed by atoms with Crippen LogP contribution in [0, 0.1) is 5.92 Å². The molecule has 1 aromatic heterocycles. The number of carbonyl (C=O) groups excluding carboxylic acids is 1. The molecule has 0 spiro atoms. The fourth-order valence-corrected chi connectivity index (χ4v) is 1.98. The van der Waals surface area contributed by atoms with Crippen molar-refractivity contribution in [2.75, 3.05) is 5.73 Å². The summed E-state index contributed by atoms with van der Waals surface area (Å²) in [6.07, 6.45) is 1.92. The number of hydrogen-bond donors (Lipinski definition) is 2. The highest BCUT2D eigenvalue weighted by Crippen LogP contribution is 2.18. The molecular formula is C15H21N3O. The van der Waals surface area contributed by atoms with Gasteiger partial charge in [0.25, 0.3) is 0 Å². The summed E-state index contributed by atoms with van der Waals surface area (Å²) in [7, 11) is 0. The van der Waals surface area contributed by atoms with E-state index in [1.807, 2.05) is 42.0 Å². The second-order valence-electron chi connectivity index (χ2n) is 5.36. The highest BCUT2D eigenvalue weighted by Gasteiger charge is 2.12. The van der Waals surface area contributed by atoms with Crippen LogP contribution in [0.3, 0.4) is 0 Å². The van der Waals surface area contributed by atoms with Crippen LogP contribution in [0.5, 0.6) is 0 Å². The first kappa shape index (κ1) is 13.5. The highest BCUT2D eigenvalue weighted by molar-refractivity contribution is 5.85. The van der Waals surface area contributed by atoms with E-state index in [1.165, 1.54) is 0 Å². The van der Waals surface area contributed by atoms with Gasteiger partial charge in [-0.2, -0.15) is 0 Å². The lowest BCUT2D eigenvalue weighted by atomic mass is 10.1. The van der Waals surface area contributed by atoms with Crippen LogP contribution in [-0.4, -0.2) is 16.5 Å². The van der Waals surface area contributed by atoms with E-state index >= 15 is 0 Å². The van der Waals surface area contributed by atoms with Crippen molar-refractivity contribution in [3.63, 3.8) is 0 Å². The van der Waals surface area contributed by atoms with Crippen LogP contribution in [0.2, 0.25) is 0 Å². The number of carbonyl (C=O) groups is 1. The summed E-state index contributed by atoms with van der Waals surface area (Å²) in [4.78, 5) is 12.0. The zero-order valence-corrected chi connectivity index (χ0v) is 11.7. The molecule has 1 unspecified atom stereocenters. The fraction of sp³-hybridized carbons (Fsp3) is 0.400. The Labute approximate surface area is 113 Å². The van der Waals surface area contributed by atoms with Gasteiger partial charge < -0.3 is 15.6 Å². The zero-order valence-electron chi connectivity index (χ0n) is 11.7. The normalized spacial score (nSPS) is 12.8. The molecule has 4 nitrogen and oxygen atoms in total. The smallest absolute Gasteiger partial charge is 0.240 e. The van der Waals surface area contributed by atoms with Crippen LogP contribution in [0.4, 0.5) is 5.69 Å². The number of benzene rings is 1. The number of nitrogen functional groups attached to an aromatic ring is 1. The minimum atomic E-state index is 0.0375. The summed E-state index contributed by atoms with van der Waals surface area (Å²) in [6, 6.07) is 7.88. The molecule has 102 valence electrons. The van der Waals surface area contributed by atoms with Crippen LogP contribution in [0.1, 0.15) is 20.8 Å². The van der Waals surface area contributed by atoms with Gasteiger partial charge in [-0.15, -0.1) is 0 Å². The molecule has 1 atom stereocenters. The topological polar surface area (TPSA) is 60.0 Å². The van der Waals surface area contributed by atoms with Gasteiger partial charge in [0, 0.05) is 28.8 Å². The lowest BCUT2D eigenvalue weighted by molar-refractivity contribution is -0.122. The molecule has 1 amide bonds. The second-order valence-corrected chi connectivity index (χ2v) is 5.36. The number of anilines is 1. The third kappa shape index (κ3) is 3.08.